The summed E-state index contributed by atoms with van der Waals surface area (Å²) < 4.78 is 7.13. The molecule has 0 radical (unpaired) electrons. The van der Waals surface area contributed by atoms with Gasteiger partial charge in [0.15, 0.2) is 0 Å². The Bertz CT molecular complexity index is 605. The Hall–Kier alpha value is -2.14. The summed E-state index contributed by atoms with van der Waals surface area (Å²) in [6.07, 6.45) is 3.72. The summed E-state index contributed by atoms with van der Waals surface area (Å²) >= 11 is 0. The molecule has 0 atom stereocenters. The van der Waals surface area contributed by atoms with Crippen LogP contribution in [0.3, 0.4) is 0 Å². The maximum absolute atomic E-state index is 11.7. The highest BCUT2D eigenvalue weighted by atomic mass is 16.5. The minimum Gasteiger partial charge on any atom is -0.383 e. The Morgan fingerprint density at radius 2 is 2.05 bits per heavy atom. The fraction of sp³-hybridized carbons (Fsp3) is 0.412. The van der Waals surface area contributed by atoms with Gasteiger partial charge >= 0.3 is 0 Å². The van der Waals surface area contributed by atoms with Crippen LogP contribution in [0.2, 0.25) is 0 Å². The highest BCUT2D eigenvalue weighted by Gasteiger charge is 2.13. The second-order valence-electron chi connectivity index (χ2n) is 5.39. The van der Waals surface area contributed by atoms with Gasteiger partial charge in [-0.3, -0.25) is 4.79 Å². The van der Waals surface area contributed by atoms with Gasteiger partial charge in [0, 0.05) is 39.5 Å². The molecule has 1 aromatic heterocycles. The average Bonchev–Trinajstić information content (AvgIpc) is 2.92. The number of ether oxygens (including phenoxy) is 1. The van der Waals surface area contributed by atoms with Gasteiger partial charge in [0.05, 0.1) is 13.2 Å². The molecule has 1 heterocycles. The van der Waals surface area contributed by atoms with Crippen LogP contribution in [0.25, 0.3) is 0 Å². The maximum atomic E-state index is 11.7. The first-order valence-corrected chi connectivity index (χ1v) is 7.40. The fourth-order valence-corrected chi connectivity index (χ4v) is 2.25. The van der Waals surface area contributed by atoms with Gasteiger partial charge in [-0.2, -0.15) is 0 Å². The van der Waals surface area contributed by atoms with Crippen LogP contribution in [0.5, 0.6) is 0 Å². The predicted molar refractivity (Wildman–Crippen MR) is 85.5 cm³/mol. The van der Waals surface area contributed by atoms with E-state index in [9.17, 15) is 4.79 Å². The lowest BCUT2D eigenvalue weighted by Gasteiger charge is -2.21. The Morgan fingerprint density at radius 3 is 2.68 bits per heavy atom. The van der Waals surface area contributed by atoms with E-state index in [1.807, 2.05) is 6.20 Å². The number of benzene rings is 1. The molecule has 0 saturated carbocycles. The molecule has 0 aliphatic heterocycles. The number of nitrogens with zero attached hydrogens (tertiary/aromatic N) is 3. The van der Waals surface area contributed by atoms with E-state index in [4.69, 9.17) is 4.74 Å². The van der Waals surface area contributed by atoms with E-state index < -0.39 is 0 Å². The summed E-state index contributed by atoms with van der Waals surface area (Å²) in [7, 11) is 1.64. The highest BCUT2D eigenvalue weighted by Crippen LogP contribution is 2.09. The number of aryl methyl sites for hydroxylation is 1. The van der Waals surface area contributed by atoms with Gasteiger partial charge in [0.1, 0.15) is 5.82 Å². The van der Waals surface area contributed by atoms with Crippen molar-refractivity contribution >= 4 is 5.91 Å². The minimum absolute atomic E-state index is 0.0296. The summed E-state index contributed by atoms with van der Waals surface area (Å²) in [6, 6.07) is 8.44. The Kier molecular flexibility index (Phi) is 5.72. The van der Waals surface area contributed by atoms with E-state index in [-0.39, 0.29) is 5.91 Å². The summed E-state index contributed by atoms with van der Waals surface area (Å²) in [5.74, 6) is 0.911. The zero-order valence-electron chi connectivity index (χ0n) is 13.5. The maximum Gasteiger partial charge on any atom is 0.219 e. The van der Waals surface area contributed by atoms with Crippen molar-refractivity contribution in [2.24, 2.45) is 0 Å². The van der Waals surface area contributed by atoms with Gasteiger partial charge in [0.25, 0.3) is 0 Å². The molecule has 118 valence electrons. The van der Waals surface area contributed by atoms with Crippen LogP contribution in [-0.4, -0.2) is 40.6 Å². The second-order valence-corrected chi connectivity index (χ2v) is 5.39. The molecule has 0 aliphatic carbocycles. The van der Waals surface area contributed by atoms with Crippen molar-refractivity contribution in [3.8, 4) is 0 Å². The molecule has 0 bridgehead atoms. The largest absolute Gasteiger partial charge is 0.383 e. The van der Waals surface area contributed by atoms with Gasteiger partial charge in [-0.1, -0.05) is 29.8 Å². The Balaban J connectivity index is 2.07. The molecule has 5 heteroatoms. The first kappa shape index (κ1) is 16.2. The lowest BCUT2D eigenvalue weighted by Crippen LogP contribution is -2.32. The SMILES string of the molecule is COCCN(Cc1nccn1Cc1ccc(C)cc1)C(C)=O. The number of rotatable bonds is 7. The van der Waals surface area contributed by atoms with Crippen molar-refractivity contribution in [3.05, 3.63) is 53.6 Å². The van der Waals surface area contributed by atoms with Crippen LogP contribution < -0.4 is 0 Å². The Labute approximate surface area is 131 Å². The third kappa shape index (κ3) is 4.43. The molecule has 0 unspecified atom stereocenters. The van der Waals surface area contributed by atoms with Gasteiger partial charge in [-0.05, 0) is 12.5 Å². The van der Waals surface area contributed by atoms with Crippen LogP contribution in [0.15, 0.2) is 36.7 Å². The molecular weight excluding hydrogens is 278 g/mol. The van der Waals surface area contributed by atoms with Crippen molar-refractivity contribution in [2.45, 2.75) is 26.9 Å². The van der Waals surface area contributed by atoms with Crippen molar-refractivity contribution < 1.29 is 9.53 Å². The van der Waals surface area contributed by atoms with E-state index in [1.54, 1.807) is 25.1 Å². The summed E-state index contributed by atoms with van der Waals surface area (Å²) in [4.78, 5) is 17.9. The van der Waals surface area contributed by atoms with E-state index in [2.05, 4.69) is 40.7 Å². The summed E-state index contributed by atoms with van der Waals surface area (Å²) in [5.41, 5.74) is 2.47. The molecule has 0 spiro atoms. The monoisotopic (exact) mass is 301 g/mol. The molecule has 5 nitrogen and oxygen atoms in total. The topological polar surface area (TPSA) is 47.4 Å². The van der Waals surface area contributed by atoms with Crippen molar-refractivity contribution in [3.63, 3.8) is 0 Å². The molecule has 1 aromatic carbocycles. The van der Waals surface area contributed by atoms with Crippen molar-refractivity contribution in [1.29, 1.82) is 0 Å². The smallest absolute Gasteiger partial charge is 0.219 e. The Morgan fingerprint density at radius 1 is 1.32 bits per heavy atom. The molecule has 1 amide bonds. The van der Waals surface area contributed by atoms with Gasteiger partial charge < -0.3 is 14.2 Å². The number of hydrogen-bond acceptors (Lipinski definition) is 3. The molecule has 0 saturated heterocycles. The van der Waals surface area contributed by atoms with E-state index in [1.165, 1.54) is 11.1 Å². The van der Waals surface area contributed by atoms with Gasteiger partial charge in [-0.15, -0.1) is 0 Å². The zero-order chi connectivity index (χ0) is 15.9. The van der Waals surface area contributed by atoms with Crippen LogP contribution in [0.4, 0.5) is 0 Å². The summed E-state index contributed by atoms with van der Waals surface area (Å²) in [6.45, 7) is 6.00. The third-order valence-electron chi connectivity index (χ3n) is 3.62. The lowest BCUT2D eigenvalue weighted by atomic mass is 10.1. The molecule has 0 N–H and O–H groups in total. The number of hydrogen-bond donors (Lipinski definition) is 0. The van der Waals surface area contributed by atoms with Gasteiger partial charge in [-0.25, -0.2) is 4.98 Å². The number of amides is 1. The predicted octanol–water partition coefficient (Wildman–Crippen LogP) is 2.23. The van der Waals surface area contributed by atoms with Crippen molar-refractivity contribution in [1.82, 2.24) is 14.5 Å². The molecule has 0 fully saturated rings. The van der Waals surface area contributed by atoms with Crippen LogP contribution in [-0.2, 0) is 22.6 Å². The average molecular weight is 301 g/mol. The molecule has 0 aliphatic rings. The van der Waals surface area contributed by atoms with Crippen LogP contribution in [0, 0.1) is 6.92 Å². The number of methoxy groups -OCH3 is 1. The standard InChI is InChI=1S/C17H23N3O2/c1-14-4-6-16(7-5-14)12-20-9-8-18-17(20)13-19(15(2)21)10-11-22-3/h4-9H,10-13H2,1-3H3. The van der Waals surface area contributed by atoms with E-state index in [0.29, 0.717) is 19.7 Å². The van der Waals surface area contributed by atoms with E-state index in [0.717, 1.165) is 12.4 Å². The minimum atomic E-state index is 0.0296. The molecule has 2 aromatic rings. The first-order chi connectivity index (χ1) is 10.6. The summed E-state index contributed by atoms with van der Waals surface area (Å²) in [5, 5.41) is 0. The number of carbonyl (C=O) groups excluding carboxylic acids is 1. The lowest BCUT2D eigenvalue weighted by molar-refractivity contribution is -0.130. The van der Waals surface area contributed by atoms with E-state index >= 15 is 0 Å². The van der Waals surface area contributed by atoms with Crippen LogP contribution in [0.1, 0.15) is 23.9 Å². The number of aromatic nitrogens is 2. The van der Waals surface area contributed by atoms with Gasteiger partial charge in [0.2, 0.25) is 5.91 Å². The number of imidazole rings is 1. The van der Waals surface area contributed by atoms with Crippen molar-refractivity contribution in [2.75, 3.05) is 20.3 Å². The molecule has 22 heavy (non-hydrogen) atoms. The molecular formula is C17H23N3O2. The molecule has 2 rings (SSSR count). The van der Waals surface area contributed by atoms with Crippen LogP contribution >= 0.6 is 0 Å². The normalized spacial score (nSPS) is 10.7. The zero-order valence-corrected chi connectivity index (χ0v) is 13.5. The third-order valence-corrected chi connectivity index (χ3v) is 3.62. The fourth-order valence-electron chi connectivity index (χ4n) is 2.25. The second kappa shape index (κ2) is 7.75. The first-order valence-electron chi connectivity index (χ1n) is 7.40. The highest BCUT2D eigenvalue weighted by molar-refractivity contribution is 5.73. The quantitative estimate of drug-likeness (QED) is 0.788. The number of carbonyl (C=O) groups is 1.